The molecule has 0 bridgehead atoms. The van der Waals surface area contributed by atoms with Crippen LogP contribution in [0.25, 0.3) is 60.8 Å². The maximum absolute atomic E-state index is 10.5. The molecule has 0 aliphatic heterocycles. The fourth-order valence-electron chi connectivity index (χ4n) is 10.8. The number of benzene rings is 6. The van der Waals surface area contributed by atoms with E-state index in [1.165, 1.54) is 17.7 Å². The second-order valence-electron chi connectivity index (χ2n) is 27.0. The van der Waals surface area contributed by atoms with E-state index in [1.807, 2.05) is 274 Å². The summed E-state index contributed by atoms with van der Waals surface area (Å²) in [5.41, 5.74) is 12.1. The Hall–Kier alpha value is -11.0. The van der Waals surface area contributed by atoms with Crippen LogP contribution in [0, 0.1) is 6.92 Å². The van der Waals surface area contributed by atoms with Crippen LogP contribution in [0.15, 0.2) is 273 Å². The first-order chi connectivity index (χ1) is 59.6. The van der Waals surface area contributed by atoms with E-state index < -0.39 is 10.1 Å². The molecule has 0 fully saturated rings. The number of pyridine rings is 5. The van der Waals surface area contributed by atoms with Crippen LogP contribution in [-0.4, -0.2) is 148 Å². The van der Waals surface area contributed by atoms with Crippen LogP contribution in [0.5, 0.6) is 28.7 Å². The van der Waals surface area contributed by atoms with Crippen molar-refractivity contribution in [2.45, 2.75) is 57.1 Å². The SMILES string of the molecule is CCOC(COc1ccc(/C=C/c2cccc[n+]2C)cc1)OCC.COC(COc1ccc(/C=C/c2cc[n+](C)cc2)cc1)OC.COC(COc1ccc(/C=C/c2cccc[n+]2C)cc1)OC.COC(COc1cccc(/C=C/c2cccc[n+]2C)c1)OC.COC(COc1ccccc1/C=C/c1cccc[n+]1C)OC.Cc1ccc(S(=O)(=O)O)cc1.[I-]. The van der Waals surface area contributed by atoms with Gasteiger partial charge in [-0.05, 0) is 164 Å². The summed E-state index contributed by atoms with van der Waals surface area (Å²) in [4.78, 5) is -0.0666. The van der Waals surface area contributed by atoms with Gasteiger partial charge in [-0.3, -0.25) is 4.55 Å². The van der Waals surface area contributed by atoms with Crippen molar-refractivity contribution in [3.05, 3.63) is 329 Å². The lowest BCUT2D eigenvalue weighted by atomic mass is 10.1. The summed E-state index contributed by atoms with van der Waals surface area (Å²) in [6.45, 7) is 8.75. The maximum Gasteiger partial charge on any atom is 0.294 e. The van der Waals surface area contributed by atoms with Gasteiger partial charge in [-0.1, -0.05) is 96.6 Å². The molecule has 6 aromatic carbocycles. The number of aryl methyl sites for hydroxylation is 6. The summed E-state index contributed by atoms with van der Waals surface area (Å²) in [5.74, 6) is 3.99. The van der Waals surface area contributed by atoms with Crippen LogP contribution >= 0.6 is 0 Å². The number of nitrogens with zero attached hydrogens (tertiary/aromatic N) is 5. The summed E-state index contributed by atoms with van der Waals surface area (Å²) >= 11 is 0. The van der Waals surface area contributed by atoms with Crippen LogP contribution in [0.1, 0.15) is 75.6 Å². The third-order valence-electron chi connectivity index (χ3n) is 18.1. The summed E-state index contributed by atoms with van der Waals surface area (Å²) in [5, 5.41) is 0. The molecule has 23 nitrogen and oxygen atoms in total. The van der Waals surface area contributed by atoms with Crippen molar-refractivity contribution in [1.29, 1.82) is 0 Å². The minimum absolute atomic E-state index is 0. The summed E-state index contributed by atoms with van der Waals surface area (Å²) in [6, 6.07) is 74.2. The molecule has 0 aliphatic rings. The van der Waals surface area contributed by atoms with Gasteiger partial charge in [0.15, 0.2) is 68.6 Å². The zero-order valence-electron chi connectivity index (χ0n) is 73.9. The molecule has 0 amide bonds. The first-order valence-corrected chi connectivity index (χ1v) is 41.3. The van der Waals surface area contributed by atoms with Gasteiger partial charge in [0.2, 0.25) is 22.8 Å². The van der Waals surface area contributed by atoms with Crippen molar-refractivity contribution < 1.29 is 131 Å². The number of hydrogen-bond acceptors (Lipinski definition) is 17. The van der Waals surface area contributed by atoms with Gasteiger partial charge in [-0.2, -0.15) is 8.42 Å². The lowest BCUT2D eigenvalue weighted by molar-refractivity contribution is -0.673. The monoisotopic (exact) mass is 1830 g/mol. The maximum atomic E-state index is 10.5. The molecule has 5 aromatic heterocycles. The largest absolute Gasteiger partial charge is 1.00 e. The fraction of sp³-hybridized carbons (Fsp3) is 0.283. The molecule has 0 radical (unpaired) electrons. The van der Waals surface area contributed by atoms with Gasteiger partial charge >= 0.3 is 0 Å². The molecule has 5 heterocycles. The van der Waals surface area contributed by atoms with Crippen molar-refractivity contribution in [3.8, 4) is 28.7 Å². The fourth-order valence-corrected chi connectivity index (χ4v) is 11.3. The Morgan fingerprint density at radius 1 is 0.315 bits per heavy atom. The number of methoxy groups -OCH3 is 8. The van der Waals surface area contributed by atoms with Gasteiger partial charge in [0.25, 0.3) is 10.1 Å². The van der Waals surface area contributed by atoms with Crippen molar-refractivity contribution in [2.24, 2.45) is 35.2 Å². The van der Waals surface area contributed by atoms with E-state index in [0.29, 0.717) is 46.2 Å². The molecule has 25 heteroatoms. The Labute approximate surface area is 750 Å². The Bertz CT molecular complexity index is 5040. The van der Waals surface area contributed by atoms with Crippen molar-refractivity contribution in [1.82, 2.24) is 0 Å². The highest BCUT2D eigenvalue weighted by atomic mass is 127. The summed E-state index contributed by atoms with van der Waals surface area (Å²) in [7, 11) is 18.8. The third-order valence-corrected chi connectivity index (χ3v) is 19.0. The van der Waals surface area contributed by atoms with E-state index in [0.717, 1.165) is 84.9 Å². The van der Waals surface area contributed by atoms with Crippen LogP contribution < -0.4 is 70.5 Å². The van der Waals surface area contributed by atoms with Crippen LogP contribution in [0.3, 0.4) is 0 Å². The lowest BCUT2D eigenvalue weighted by Gasteiger charge is -2.17. The smallest absolute Gasteiger partial charge is 0.294 e. The molecule has 660 valence electrons. The first kappa shape index (κ1) is 104. The molecule has 0 saturated carbocycles. The molecule has 0 atom stereocenters. The number of halogens is 1. The van der Waals surface area contributed by atoms with Crippen molar-refractivity contribution in [3.63, 3.8) is 0 Å². The average Bonchev–Trinajstić information content (AvgIpc) is 0.871. The molecule has 1 N–H and O–H groups in total. The van der Waals surface area contributed by atoms with Gasteiger partial charge in [0.1, 0.15) is 97.0 Å². The molecular weight excluding hydrogens is 1710 g/mol. The molecule has 11 aromatic rings. The van der Waals surface area contributed by atoms with E-state index in [2.05, 4.69) is 109 Å². The van der Waals surface area contributed by atoms with Gasteiger partial charge in [-0.15, -0.1) is 0 Å². The Morgan fingerprint density at radius 2 is 0.629 bits per heavy atom. The van der Waals surface area contributed by atoms with Crippen molar-refractivity contribution in [2.75, 3.05) is 103 Å². The summed E-state index contributed by atoms with van der Waals surface area (Å²) in [6.07, 6.45) is 31.1. The van der Waals surface area contributed by atoms with Gasteiger partial charge in [-0.25, -0.2) is 22.8 Å². The first-order valence-electron chi connectivity index (χ1n) is 39.9. The Balaban J connectivity index is 0.000000267. The Kier molecular flexibility index (Phi) is 49.9. The second kappa shape index (κ2) is 59.7. The van der Waals surface area contributed by atoms with E-state index in [4.69, 9.17) is 75.6 Å². The standard InChI is InChI=1S/C20H26NO3.4C18H22NO3.C7H8O3S.HI/c1-4-22-20(23-5-2)16-24-19-13-10-17(11-14-19)9-12-18-8-6-7-15-21(18)3;1-19-12-10-16(11-13-19)5-4-15-6-8-17(9-7-15)22-14-18(20-2)21-3;1-19-12-5-4-8-16(19)11-10-15-7-6-9-17(13-15)22-14-18(20-2)21-3;1-19-13-7-6-9-16(19)12-11-15-8-4-5-10-17(15)22-14-18(20-2)21-3;1-19-13-5-4-6-16(19)10-7-15-8-11-17(12-9-15)22-14-18(20-2)21-3;1-6-2-4-7(5-3-6)11(8,9)10;/h6-15,20H,4-5,16H2,1-3H3;4*4-13,18H,14H2,1-3H3;2-5H,1H3,(H,8,9,10);1H/q5*+1;;/p-1/b12-9+;5-4+;11-10+;12-11+;10-7+;;. The van der Waals surface area contributed by atoms with E-state index in [1.54, 1.807) is 69.0 Å². The number of ether oxygens (including phenoxy) is 15. The molecule has 0 unspecified atom stereocenters. The Morgan fingerprint density at radius 3 is 0.984 bits per heavy atom. The normalized spacial score (nSPS) is 11.2. The third kappa shape index (κ3) is 40.6. The minimum atomic E-state index is -4.02. The van der Waals surface area contributed by atoms with Gasteiger partial charge in [0, 0.05) is 161 Å². The molecule has 0 saturated heterocycles. The highest BCUT2D eigenvalue weighted by Crippen LogP contribution is 2.23. The van der Waals surface area contributed by atoms with Crippen LogP contribution in [0.2, 0.25) is 0 Å². The lowest BCUT2D eigenvalue weighted by Crippen LogP contribution is -3.00. The zero-order chi connectivity index (χ0) is 88.8. The molecule has 124 heavy (non-hydrogen) atoms. The van der Waals surface area contributed by atoms with Crippen LogP contribution in [-0.2, 0) is 92.7 Å². The predicted octanol–water partition coefficient (Wildman–Crippen LogP) is 12.4. The quantitative estimate of drug-likeness (QED) is 0.0165. The highest BCUT2D eigenvalue weighted by molar-refractivity contribution is 7.85. The van der Waals surface area contributed by atoms with E-state index >= 15 is 0 Å². The van der Waals surface area contributed by atoms with E-state index in [9.17, 15) is 8.42 Å². The number of aromatic nitrogens is 5. The van der Waals surface area contributed by atoms with Gasteiger partial charge < -0.3 is 95.0 Å². The second-order valence-corrected chi connectivity index (χ2v) is 28.4. The molecule has 0 spiro atoms. The molecule has 0 aliphatic carbocycles. The average molecular weight is 1830 g/mol. The topological polar surface area (TPSA) is 212 Å². The highest BCUT2D eigenvalue weighted by Gasteiger charge is 2.14. The van der Waals surface area contributed by atoms with E-state index in [-0.39, 0.29) is 60.3 Å². The zero-order valence-corrected chi connectivity index (χ0v) is 76.9. The molecule has 11 rings (SSSR count). The number of rotatable bonds is 38. The number of para-hydroxylation sites is 1. The molecular formula is C99H122IN5O18S+4. The predicted molar refractivity (Wildman–Crippen MR) is 482 cm³/mol. The van der Waals surface area contributed by atoms with Gasteiger partial charge in [0.05, 0.1) is 4.90 Å². The minimum Gasteiger partial charge on any atom is -1.00 e. The number of hydrogen-bond donors (Lipinski definition) is 1. The van der Waals surface area contributed by atoms with Crippen LogP contribution in [0.4, 0.5) is 0 Å². The van der Waals surface area contributed by atoms with Crippen molar-refractivity contribution >= 4 is 70.9 Å². The summed E-state index contributed by atoms with van der Waals surface area (Å²) < 4.78 is 120.